The molecule has 0 bridgehead atoms. The number of hydrogen-bond acceptors (Lipinski definition) is 3. The Kier molecular flexibility index (Phi) is 5.70. The summed E-state index contributed by atoms with van der Waals surface area (Å²) in [5.74, 6) is 0.273. The lowest BCUT2D eigenvalue weighted by Crippen LogP contribution is -2.13. The Morgan fingerprint density at radius 2 is 1.85 bits per heavy atom. The Hall–Kier alpha value is -3.78. The summed E-state index contributed by atoms with van der Waals surface area (Å²) >= 11 is 0. The molecule has 1 heterocycles. The third-order valence-electron chi connectivity index (χ3n) is 3.90. The maximum Gasteiger partial charge on any atom is 0.266 e. The first-order valence-corrected chi connectivity index (χ1v) is 8.60. The average Bonchev–Trinajstić information content (AvgIpc) is 3.16. The summed E-state index contributed by atoms with van der Waals surface area (Å²) in [5, 5.41) is 12.2. The van der Waals surface area contributed by atoms with Crippen LogP contribution < -0.4 is 10.1 Å². The second kappa shape index (κ2) is 8.54. The number of rotatable bonds is 6. The lowest BCUT2D eigenvalue weighted by Gasteiger charge is -2.08. The van der Waals surface area contributed by atoms with Crippen LogP contribution in [-0.2, 0) is 4.79 Å². The van der Waals surface area contributed by atoms with Crippen molar-refractivity contribution in [1.29, 1.82) is 5.26 Å². The fourth-order valence-corrected chi connectivity index (χ4v) is 2.63. The van der Waals surface area contributed by atoms with Crippen LogP contribution in [-0.4, -0.2) is 17.1 Å². The number of ether oxygens (including phenoxy) is 1. The molecule has 3 rings (SSSR count). The molecule has 0 atom stereocenters. The number of benzene rings is 2. The highest BCUT2D eigenvalue weighted by Gasteiger charge is 2.11. The van der Waals surface area contributed by atoms with Crippen molar-refractivity contribution < 1.29 is 9.53 Å². The van der Waals surface area contributed by atoms with Crippen LogP contribution in [0.15, 0.2) is 78.5 Å². The molecule has 0 fully saturated rings. The first-order valence-electron chi connectivity index (χ1n) is 8.60. The second-order valence-corrected chi connectivity index (χ2v) is 5.72. The van der Waals surface area contributed by atoms with Gasteiger partial charge in [-0.05, 0) is 61.5 Å². The Bertz CT molecular complexity index is 980. The molecule has 1 amide bonds. The molecule has 134 valence electrons. The molecular weight excluding hydrogens is 338 g/mol. The maximum atomic E-state index is 12.5. The van der Waals surface area contributed by atoms with Gasteiger partial charge in [-0.15, -0.1) is 0 Å². The number of anilines is 1. The number of hydrogen-bond donors (Lipinski definition) is 1. The maximum absolute atomic E-state index is 12.5. The van der Waals surface area contributed by atoms with E-state index in [4.69, 9.17) is 4.74 Å². The van der Waals surface area contributed by atoms with Crippen molar-refractivity contribution in [3.63, 3.8) is 0 Å². The molecule has 0 radical (unpaired) electrons. The van der Waals surface area contributed by atoms with Gasteiger partial charge in [-0.3, -0.25) is 4.79 Å². The van der Waals surface area contributed by atoms with E-state index < -0.39 is 5.91 Å². The SMILES string of the molecule is CCOc1ccc(NC(=O)/C(C#N)=C\c2cccn2-c2ccccc2)cc1. The van der Waals surface area contributed by atoms with Crippen molar-refractivity contribution in [3.8, 4) is 17.5 Å². The van der Waals surface area contributed by atoms with Crippen LogP contribution in [0.1, 0.15) is 12.6 Å². The number of nitriles is 1. The zero-order valence-corrected chi connectivity index (χ0v) is 14.9. The molecule has 0 saturated carbocycles. The molecule has 5 heteroatoms. The summed E-state index contributed by atoms with van der Waals surface area (Å²) in [6.07, 6.45) is 3.47. The number of amides is 1. The first kappa shape index (κ1) is 18.0. The number of nitrogens with one attached hydrogen (secondary N) is 1. The Morgan fingerprint density at radius 1 is 1.11 bits per heavy atom. The fraction of sp³-hybridized carbons (Fsp3) is 0.0909. The van der Waals surface area contributed by atoms with Crippen molar-refractivity contribution in [2.45, 2.75) is 6.92 Å². The van der Waals surface area contributed by atoms with Gasteiger partial charge in [0.2, 0.25) is 0 Å². The van der Waals surface area contributed by atoms with Gasteiger partial charge in [0, 0.05) is 23.3 Å². The van der Waals surface area contributed by atoms with Crippen LogP contribution in [0.3, 0.4) is 0 Å². The fourth-order valence-electron chi connectivity index (χ4n) is 2.63. The molecule has 1 N–H and O–H groups in total. The highest BCUT2D eigenvalue weighted by atomic mass is 16.5. The largest absolute Gasteiger partial charge is 0.494 e. The third-order valence-corrected chi connectivity index (χ3v) is 3.90. The summed E-state index contributed by atoms with van der Waals surface area (Å²) in [6.45, 7) is 2.49. The predicted octanol–water partition coefficient (Wildman–Crippen LogP) is 4.42. The van der Waals surface area contributed by atoms with E-state index in [1.165, 1.54) is 0 Å². The van der Waals surface area contributed by atoms with E-state index in [1.807, 2.05) is 66.2 Å². The van der Waals surface area contributed by atoms with E-state index in [0.29, 0.717) is 12.3 Å². The van der Waals surface area contributed by atoms with Crippen LogP contribution in [0.5, 0.6) is 5.75 Å². The van der Waals surface area contributed by atoms with Crippen molar-refractivity contribution >= 4 is 17.7 Å². The zero-order valence-electron chi connectivity index (χ0n) is 14.9. The lowest BCUT2D eigenvalue weighted by molar-refractivity contribution is -0.112. The Balaban J connectivity index is 1.80. The van der Waals surface area contributed by atoms with Gasteiger partial charge in [-0.1, -0.05) is 18.2 Å². The van der Waals surface area contributed by atoms with Crippen LogP contribution >= 0.6 is 0 Å². The van der Waals surface area contributed by atoms with E-state index in [9.17, 15) is 10.1 Å². The van der Waals surface area contributed by atoms with Crippen molar-refractivity contribution in [3.05, 3.63) is 84.2 Å². The highest BCUT2D eigenvalue weighted by molar-refractivity contribution is 6.09. The lowest BCUT2D eigenvalue weighted by atomic mass is 10.2. The van der Waals surface area contributed by atoms with E-state index in [-0.39, 0.29) is 5.57 Å². The van der Waals surface area contributed by atoms with Gasteiger partial charge >= 0.3 is 0 Å². The monoisotopic (exact) mass is 357 g/mol. The van der Waals surface area contributed by atoms with E-state index in [1.54, 1.807) is 30.3 Å². The van der Waals surface area contributed by atoms with Crippen molar-refractivity contribution in [2.24, 2.45) is 0 Å². The van der Waals surface area contributed by atoms with Gasteiger partial charge in [0.15, 0.2) is 0 Å². The Morgan fingerprint density at radius 3 is 2.52 bits per heavy atom. The average molecular weight is 357 g/mol. The van der Waals surface area contributed by atoms with Gasteiger partial charge in [0.05, 0.1) is 6.61 Å². The van der Waals surface area contributed by atoms with Gasteiger partial charge in [0.1, 0.15) is 17.4 Å². The highest BCUT2D eigenvalue weighted by Crippen LogP contribution is 2.18. The molecule has 0 aliphatic rings. The van der Waals surface area contributed by atoms with Crippen molar-refractivity contribution in [2.75, 3.05) is 11.9 Å². The predicted molar refractivity (Wildman–Crippen MR) is 106 cm³/mol. The Labute approximate surface area is 158 Å². The molecule has 5 nitrogen and oxygen atoms in total. The number of carbonyl (C=O) groups is 1. The van der Waals surface area contributed by atoms with Gasteiger partial charge in [-0.2, -0.15) is 5.26 Å². The van der Waals surface area contributed by atoms with E-state index in [0.717, 1.165) is 17.1 Å². The third kappa shape index (κ3) is 4.44. The molecule has 2 aromatic carbocycles. The summed E-state index contributed by atoms with van der Waals surface area (Å²) < 4.78 is 7.30. The van der Waals surface area contributed by atoms with Crippen LogP contribution in [0, 0.1) is 11.3 Å². The summed E-state index contributed by atoms with van der Waals surface area (Å²) in [4.78, 5) is 12.5. The summed E-state index contributed by atoms with van der Waals surface area (Å²) in [6, 6.07) is 22.5. The zero-order chi connectivity index (χ0) is 19.1. The molecular formula is C22H19N3O2. The topological polar surface area (TPSA) is 67.0 Å². The quantitative estimate of drug-likeness (QED) is 0.524. The summed E-state index contributed by atoms with van der Waals surface area (Å²) in [7, 11) is 0. The van der Waals surface area contributed by atoms with Gasteiger partial charge < -0.3 is 14.6 Å². The van der Waals surface area contributed by atoms with Crippen molar-refractivity contribution in [1.82, 2.24) is 4.57 Å². The molecule has 3 aromatic rings. The minimum Gasteiger partial charge on any atom is -0.494 e. The number of para-hydroxylation sites is 1. The summed E-state index contributed by atoms with van der Waals surface area (Å²) in [5.41, 5.74) is 2.33. The van der Waals surface area contributed by atoms with E-state index in [2.05, 4.69) is 5.32 Å². The molecule has 1 aromatic heterocycles. The number of carbonyl (C=O) groups excluding carboxylic acids is 1. The molecule has 27 heavy (non-hydrogen) atoms. The number of nitrogens with zero attached hydrogens (tertiary/aromatic N) is 2. The molecule has 0 aliphatic heterocycles. The van der Waals surface area contributed by atoms with Crippen LogP contribution in [0.25, 0.3) is 11.8 Å². The second-order valence-electron chi connectivity index (χ2n) is 5.72. The number of aromatic nitrogens is 1. The normalized spacial score (nSPS) is 10.9. The molecule has 0 saturated heterocycles. The molecule has 0 spiro atoms. The smallest absolute Gasteiger partial charge is 0.266 e. The minimum absolute atomic E-state index is 0.0276. The first-order chi connectivity index (χ1) is 13.2. The van der Waals surface area contributed by atoms with Gasteiger partial charge in [-0.25, -0.2) is 0 Å². The minimum atomic E-state index is -0.456. The van der Waals surface area contributed by atoms with Crippen LogP contribution in [0.2, 0.25) is 0 Å². The molecule has 0 aliphatic carbocycles. The van der Waals surface area contributed by atoms with Gasteiger partial charge in [0.25, 0.3) is 5.91 Å². The molecule has 0 unspecified atom stereocenters. The standard InChI is InChI=1S/C22H19N3O2/c1-2-27-21-12-10-18(11-13-21)24-22(26)17(16-23)15-20-9-6-14-25(20)19-7-4-3-5-8-19/h3-15H,2H2,1H3,(H,24,26)/b17-15-. The van der Waals surface area contributed by atoms with Crippen LogP contribution in [0.4, 0.5) is 5.69 Å². The van der Waals surface area contributed by atoms with E-state index >= 15 is 0 Å².